The summed E-state index contributed by atoms with van der Waals surface area (Å²) >= 11 is 0. The van der Waals surface area contributed by atoms with Crippen molar-refractivity contribution in [2.75, 3.05) is 0 Å². The average Bonchev–Trinajstić information content (AvgIpc) is 1.41. The van der Waals surface area contributed by atoms with E-state index in [2.05, 4.69) is 9.71 Å². The van der Waals surface area contributed by atoms with Crippen molar-refractivity contribution in [3.63, 3.8) is 0 Å². The van der Waals surface area contributed by atoms with Gasteiger partial charge in [0.05, 0.1) is 0 Å². The van der Waals surface area contributed by atoms with Crippen LogP contribution in [0.1, 0.15) is 0 Å². The second-order valence-electron chi connectivity index (χ2n) is 0.217. The minimum absolute atomic E-state index is 0.755. The molecule has 0 heterocycles. The highest BCUT2D eigenvalue weighted by molar-refractivity contribution is 7.17. The lowest BCUT2D eigenvalue weighted by atomic mass is 14.6. The maximum Gasteiger partial charge on any atom is 0.358 e. The van der Waals surface area contributed by atoms with E-state index in [1.165, 1.54) is 0 Å². The van der Waals surface area contributed by atoms with E-state index in [0.29, 0.717) is 0 Å². The Hall–Kier alpha value is -0.0200. The molecule has 0 saturated heterocycles. The fraction of sp³-hybridized carbons (Fsp3) is 0. The molecule has 5 heavy (non-hydrogen) atoms. The van der Waals surface area contributed by atoms with Gasteiger partial charge < -0.3 is 5.26 Å². The van der Waals surface area contributed by atoms with Gasteiger partial charge in [0.1, 0.15) is 0 Å². The normalized spacial score (nSPS) is 9.00. The van der Waals surface area contributed by atoms with Crippen molar-refractivity contribution in [1.82, 2.24) is 0 Å². The molecule has 0 aliphatic carbocycles. The van der Waals surface area contributed by atoms with Crippen molar-refractivity contribution in [3.8, 4) is 0 Å². The molecule has 5 heteroatoms. The fourth-order valence-corrected chi connectivity index (χ4v) is 0.0373. The summed E-state index contributed by atoms with van der Waals surface area (Å²) in [6, 6.07) is 0. The summed E-state index contributed by atoms with van der Waals surface area (Å²) in [4.78, 5) is 0. The Morgan fingerprint density at radius 3 is 2.40 bits per heavy atom. The van der Waals surface area contributed by atoms with Crippen LogP contribution in [0.15, 0.2) is 0 Å². The van der Waals surface area contributed by atoms with E-state index in [-0.39, 0.29) is 0 Å². The molecule has 0 aliphatic rings. The minimum Gasteiger partial charge on any atom is -0.691 e. The highest BCUT2D eigenvalue weighted by atomic mass is 31.1. The molecule has 0 N–H and O–H groups in total. The summed E-state index contributed by atoms with van der Waals surface area (Å²) < 4.78 is 12.1. The Labute approximate surface area is 29.5 Å². The first-order valence-electron chi connectivity index (χ1n) is 0.698. The number of hydrogen-bond donors (Lipinski definition) is 0. The smallest absolute Gasteiger partial charge is 0.358 e. The highest BCUT2D eigenvalue weighted by Gasteiger charge is 1.59. The molecule has 0 saturated carbocycles. The van der Waals surface area contributed by atoms with Gasteiger partial charge in [0.2, 0.25) is 0 Å². The zero-order chi connectivity index (χ0) is 4.12. The third-order valence-electron chi connectivity index (χ3n) is 0.0609. The van der Waals surface area contributed by atoms with Crippen LogP contribution in [-0.4, -0.2) is 0 Å². The van der Waals surface area contributed by atoms with Crippen LogP contribution in [0, 0.1) is 0 Å². The Morgan fingerprint density at radius 1 is 1.80 bits per heavy atom. The number of hydrogen-bond acceptors (Lipinski definition) is 4. The molecule has 0 fully saturated rings. The van der Waals surface area contributed by atoms with Crippen LogP contribution < -0.4 is 5.26 Å². The molecule has 0 aromatic rings. The lowest BCUT2D eigenvalue weighted by Gasteiger charge is -1.91. The van der Waals surface area contributed by atoms with Gasteiger partial charge in [-0.1, -0.05) is 0 Å². The van der Waals surface area contributed by atoms with Gasteiger partial charge in [-0.15, -0.1) is 4.67 Å². The molecule has 0 aliphatic heterocycles. The van der Waals surface area contributed by atoms with E-state index in [9.17, 15) is 0 Å². The van der Waals surface area contributed by atoms with Crippen LogP contribution in [0.5, 0.6) is 0 Å². The molecule has 0 aromatic carbocycles. The number of rotatable bonds is 2. The monoisotopic (exact) mass is 95.0 g/mol. The predicted octanol–water partition coefficient (Wildman–Crippen LogP) is -0.583. The Balaban J connectivity index is 2.40. The molecule has 4 nitrogen and oxygen atoms in total. The van der Waals surface area contributed by atoms with Crippen molar-refractivity contribution >= 4 is 8.69 Å². The quantitative estimate of drug-likeness (QED) is 0.261. The molecule has 0 atom stereocenters. The van der Waals surface area contributed by atoms with Crippen LogP contribution in [0.4, 0.5) is 0 Å². The van der Waals surface area contributed by atoms with Crippen LogP contribution in [0.3, 0.4) is 0 Å². The van der Waals surface area contributed by atoms with Crippen LogP contribution >= 0.6 is 8.69 Å². The van der Waals surface area contributed by atoms with Gasteiger partial charge >= 0.3 is 8.69 Å². The van der Waals surface area contributed by atoms with Crippen molar-refractivity contribution < 1.29 is 19.5 Å². The summed E-state index contributed by atoms with van der Waals surface area (Å²) in [5.41, 5.74) is 0. The van der Waals surface area contributed by atoms with Crippen LogP contribution in [0.2, 0.25) is 0 Å². The maximum atomic E-state index is 8.95. The lowest BCUT2D eigenvalue weighted by molar-refractivity contribution is -0.778. The van der Waals surface area contributed by atoms with Gasteiger partial charge in [-0.3, -0.25) is 5.04 Å². The highest BCUT2D eigenvalue weighted by Crippen LogP contribution is 1.87. The lowest BCUT2D eigenvalue weighted by Crippen LogP contribution is -1.98. The summed E-state index contributed by atoms with van der Waals surface area (Å²) in [7, 11) is -0.755. The Kier molecular flexibility index (Phi) is 3.96. The molecule has 30 valence electrons. The maximum absolute atomic E-state index is 8.95. The molecule has 0 aromatic heterocycles. The molecule has 0 spiro atoms. The van der Waals surface area contributed by atoms with Crippen molar-refractivity contribution in [3.05, 3.63) is 0 Å². The zero-order valence-electron chi connectivity index (χ0n) is 2.08. The van der Waals surface area contributed by atoms with Gasteiger partial charge in [-0.25, -0.2) is 4.57 Å². The predicted molar refractivity (Wildman–Crippen MR) is 9.78 cm³/mol. The summed E-state index contributed by atoms with van der Waals surface area (Å²) in [5, 5.41) is 11.2. The third kappa shape index (κ3) is 3.98. The van der Waals surface area contributed by atoms with Gasteiger partial charge in [0.15, 0.2) is 0 Å². The molecular weight excluding hydrogens is 95.0 g/mol. The first kappa shape index (κ1) is 4.98. The average molecular weight is 95.0 g/mol. The van der Waals surface area contributed by atoms with E-state index in [1.807, 2.05) is 0 Å². The Bertz CT molecular complexity index is 24.8. The van der Waals surface area contributed by atoms with Gasteiger partial charge in [-0.2, -0.15) is 0 Å². The molecule has 0 bridgehead atoms. The molecular formula is O4P-. The van der Waals surface area contributed by atoms with E-state index in [0.717, 1.165) is 0 Å². The molecule has 0 rings (SSSR count). The molecule has 0 radical (unpaired) electrons. The van der Waals surface area contributed by atoms with Gasteiger partial charge in [0, 0.05) is 0 Å². The molecule has 0 amide bonds. The topological polar surface area (TPSA) is 58.6 Å². The summed E-state index contributed by atoms with van der Waals surface area (Å²) in [6.45, 7) is 0. The SMILES string of the molecule is O=POO[O-]. The first-order valence-corrected chi connectivity index (χ1v) is 1.43. The third-order valence-corrected chi connectivity index (χ3v) is 0.183. The summed E-state index contributed by atoms with van der Waals surface area (Å²) in [6.07, 6.45) is 0. The van der Waals surface area contributed by atoms with E-state index >= 15 is 0 Å². The first-order chi connectivity index (χ1) is 2.41. The standard InChI is InChI=1S/HO4P/c1-3-4-5-2/h1H/p-1. The van der Waals surface area contributed by atoms with Crippen LogP contribution in [0.25, 0.3) is 0 Å². The van der Waals surface area contributed by atoms with Gasteiger partial charge in [-0.05, 0) is 0 Å². The minimum atomic E-state index is -0.755. The van der Waals surface area contributed by atoms with Crippen molar-refractivity contribution in [1.29, 1.82) is 0 Å². The largest absolute Gasteiger partial charge is 0.691 e. The van der Waals surface area contributed by atoms with E-state index < -0.39 is 8.69 Å². The van der Waals surface area contributed by atoms with Crippen molar-refractivity contribution in [2.24, 2.45) is 0 Å². The van der Waals surface area contributed by atoms with Crippen molar-refractivity contribution in [2.45, 2.75) is 0 Å². The molecule has 0 unspecified atom stereocenters. The zero-order valence-corrected chi connectivity index (χ0v) is 2.97. The van der Waals surface area contributed by atoms with E-state index in [4.69, 9.17) is 9.82 Å². The fourth-order valence-electron chi connectivity index (χ4n) is 0.0124. The van der Waals surface area contributed by atoms with Gasteiger partial charge in [0.25, 0.3) is 0 Å². The van der Waals surface area contributed by atoms with Crippen LogP contribution in [-0.2, 0) is 14.3 Å². The second-order valence-corrected chi connectivity index (χ2v) is 0.515. The summed E-state index contributed by atoms with van der Waals surface area (Å²) in [5.74, 6) is 0. The van der Waals surface area contributed by atoms with E-state index in [1.54, 1.807) is 0 Å². The Morgan fingerprint density at radius 2 is 2.40 bits per heavy atom. The second kappa shape index (κ2) is 3.98.